The van der Waals surface area contributed by atoms with Gasteiger partial charge in [-0.25, -0.2) is 14.4 Å². The summed E-state index contributed by atoms with van der Waals surface area (Å²) in [6, 6.07) is 10.0. The second-order valence-corrected chi connectivity index (χ2v) is 5.25. The van der Waals surface area contributed by atoms with Crippen LogP contribution in [0, 0.1) is 19.7 Å². The maximum Gasteiger partial charge on any atom is 0.258 e. The first-order valence-electron chi connectivity index (χ1n) is 6.94. The van der Waals surface area contributed by atoms with E-state index in [1.165, 1.54) is 12.1 Å². The Morgan fingerprint density at radius 3 is 2.23 bits per heavy atom. The molecule has 0 fully saturated rings. The van der Waals surface area contributed by atoms with Gasteiger partial charge in [0.15, 0.2) is 5.82 Å². The van der Waals surface area contributed by atoms with Crippen molar-refractivity contribution < 1.29 is 9.13 Å². The molecule has 0 aliphatic rings. The van der Waals surface area contributed by atoms with Crippen LogP contribution in [0.2, 0.25) is 0 Å². The number of fused-ring (bicyclic) bond motifs is 1. The van der Waals surface area contributed by atoms with Crippen LogP contribution in [0.15, 0.2) is 36.4 Å². The van der Waals surface area contributed by atoms with Crippen LogP contribution in [-0.4, -0.2) is 9.97 Å². The highest BCUT2D eigenvalue weighted by molar-refractivity contribution is 5.78. The maximum absolute atomic E-state index is 12.9. The number of nitrogens with zero attached hydrogens (tertiary/aromatic N) is 2. The Balaban J connectivity index is 1.88. The molecule has 5 heteroatoms. The van der Waals surface area contributed by atoms with Gasteiger partial charge in [-0.3, -0.25) is 0 Å². The van der Waals surface area contributed by atoms with E-state index in [4.69, 9.17) is 10.5 Å². The number of halogens is 1. The van der Waals surface area contributed by atoms with Crippen molar-refractivity contribution >= 4 is 16.9 Å². The lowest BCUT2D eigenvalue weighted by Gasteiger charge is -2.10. The van der Waals surface area contributed by atoms with E-state index in [-0.39, 0.29) is 18.2 Å². The molecule has 2 N–H and O–H groups in total. The minimum Gasteiger partial charge on any atom is -0.470 e. The topological polar surface area (TPSA) is 61.0 Å². The van der Waals surface area contributed by atoms with Crippen LogP contribution in [0.3, 0.4) is 0 Å². The summed E-state index contributed by atoms with van der Waals surface area (Å²) >= 11 is 0. The predicted molar refractivity (Wildman–Crippen MR) is 84.2 cm³/mol. The number of aryl methyl sites for hydroxylation is 2. The van der Waals surface area contributed by atoms with E-state index in [2.05, 4.69) is 9.97 Å². The number of benzene rings is 2. The Kier molecular flexibility index (Phi) is 3.63. The minimum atomic E-state index is -0.278. The highest BCUT2D eigenvalue weighted by atomic mass is 19.1. The third kappa shape index (κ3) is 2.83. The zero-order chi connectivity index (χ0) is 15.7. The SMILES string of the molecule is Cc1cc2nc(N)c(OCc3ccc(F)cc3)nc2cc1C. The summed E-state index contributed by atoms with van der Waals surface area (Å²) in [6.07, 6.45) is 0. The highest BCUT2D eigenvalue weighted by Crippen LogP contribution is 2.24. The van der Waals surface area contributed by atoms with Gasteiger partial charge in [0.1, 0.15) is 12.4 Å². The van der Waals surface area contributed by atoms with Gasteiger partial charge in [0.05, 0.1) is 11.0 Å². The average Bonchev–Trinajstić information content (AvgIpc) is 2.49. The fourth-order valence-corrected chi connectivity index (χ4v) is 2.15. The van der Waals surface area contributed by atoms with E-state index in [1.807, 2.05) is 26.0 Å². The van der Waals surface area contributed by atoms with Gasteiger partial charge in [-0.2, -0.15) is 0 Å². The quantitative estimate of drug-likeness (QED) is 0.803. The Morgan fingerprint density at radius 1 is 1.00 bits per heavy atom. The van der Waals surface area contributed by atoms with Crippen LogP contribution in [0.25, 0.3) is 11.0 Å². The largest absolute Gasteiger partial charge is 0.470 e. The molecular weight excluding hydrogens is 281 g/mol. The Labute approximate surface area is 127 Å². The molecule has 0 saturated heterocycles. The number of rotatable bonds is 3. The molecule has 3 rings (SSSR count). The summed E-state index contributed by atoms with van der Waals surface area (Å²) in [6.45, 7) is 4.30. The molecule has 1 heterocycles. The summed E-state index contributed by atoms with van der Waals surface area (Å²) in [7, 11) is 0. The number of nitrogens with two attached hydrogens (primary N) is 1. The molecular formula is C17H16FN3O. The van der Waals surface area contributed by atoms with Crippen molar-refractivity contribution in [2.24, 2.45) is 0 Å². The summed E-state index contributed by atoms with van der Waals surface area (Å²) in [4.78, 5) is 8.76. The van der Waals surface area contributed by atoms with Crippen LogP contribution in [0.4, 0.5) is 10.2 Å². The Morgan fingerprint density at radius 2 is 1.59 bits per heavy atom. The van der Waals surface area contributed by atoms with Crippen molar-refractivity contribution in [3.05, 3.63) is 58.9 Å². The molecule has 0 spiro atoms. The van der Waals surface area contributed by atoms with Gasteiger partial charge in [-0.05, 0) is 54.8 Å². The number of nitrogen functional groups attached to an aromatic ring is 1. The van der Waals surface area contributed by atoms with Crippen LogP contribution in [-0.2, 0) is 6.61 Å². The Hall–Kier alpha value is -2.69. The molecule has 0 aliphatic carbocycles. The first-order valence-corrected chi connectivity index (χ1v) is 6.94. The molecule has 0 radical (unpaired) electrons. The molecule has 1 aromatic heterocycles. The van der Waals surface area contributed by atoms with Crippen molar-refractivity contribution in [2.75, 3.05) is 5.73 Å². The average molecular weight is 297 g/mol. The molecule has 0 amide bonds. The smallest absolute Gasteiger partial charge is 0.258 e. The normalized spacial score (nSPS) is 10.9. The first kappa shape index (κ1) is 14.3. The van der Waals surface area contributed by atoms with E-state index in [1.54, 1.807) is 12.1 Å². The molecule has 112 valence electrons. The van der Waals surface area contributed by atoms with Crippen LogP contribution in [0.5, 0.6) is 5.88 Å². The molecule has 0 atom stereocenters. The predicted octanol–water partition coefficient (Wildman–Crippen LogP) is 3.55. The summed E-state index contributed by atoms with van der Waals surface area (Å²) in [5.41, 5.74) is 10.5. The molecule has 2 aromatic carbocycles. The monoisotopic (exact) mass is 297 g/mol. The molecule has 0 aliphatic heterocycles. The van der Waals surface area contributed by atoms with Gasteiger partial charge < -0.3 is 10.5 Å². The van der Waals surface area contributed by atoms with Gasteiger partial charge in [0.25, 0.3) is 5.88 Å². The number of aromatic nitrogens is 2. The number of hydrogen-bond donors (Lipinski definition) is 1. The van der Waals surface area contributed by atoms with E-state index >= 15 is 0 Å². The van der Waals surface area contributed by atoms with Crippen molar-refractivity contribution in [1.29, 1.82) is 0 Å². The molecule has 0 unspecified atom stereocenters. The third-order valence-electron chi connectivity index (χ3n) is 3.56. The van der Waals surface area contributed by atoms with Crippen LogP contribution < -0.4 is 10.5 Å². The van der Waals surface area contributed by atoms with Gasteiger partial charge in [0.2, 0.25) is 0 Å². The van der Waals surface area contributed by atoms with Crippen molar-refractivity contribution in [1.82, 2.24) is 9.97 Å². The molecule has 0 bridgehead atoms. The highest BCUT2D eigenvalue weighted by Gasteiger charge is 2.09. The van der Waals surface area contributed by atoms with Crippen molar-refractivity contribution in [3.63, 3.8) is 0 Å². The zero-order valence-corrected chi connectivity index (χ0v) is 12.4. The fraction of sp³-hybridized carbons (Fsp3) is 0.176. The van der Waals surface area contributed by atoms with Gasteiger partial charge in [-0.15, -0.1) is 0 Å². The molecule has 22 heavy (non-hydrogen) atoms. The van der Waals surface area contributed by atoms with Gasteiger partial charge in [0, 0.05) is 0 Å². The standard InChI is InChI=1S/C17H16FN3O/c1-10-7-14-15(8-11(10)2)21-17(16(19)20-14)22-9-12-3-5-13(18)6-4-12/h3-8H,9H2,1-2H3,(H2,19,20). The summed E-state index contributed by atoms with van der Waals surface area (Å²) in [5.74, 6) is 0.262. The van der Waals surface area contributed by atoms with E-state index in [0.717, 1.165) is 27.7 Å². The van der Waals surface area contributed by atoms with Gasteiger partial charge >= 0.3 is 0 Å². The van der Waals surface area contributed by atoms with E-state index in [9.17, 15) is 4.39 Å². The molecule has 0 saturated carbocycles. The number of hydrogen-bond acceptors (Lipinski definition) is 4. The van der Waals surface area contributed by atoms with E-state index < -0.39 is 0 Å². The second kappa shape index (κ2) is 5.60. The zero-order valence-electron chi connectivity index (χ0n) is 12.4. The summed E-state index contributed by atoms with van der Waals surface area (Å²) in [5, 5.41) is 0. The van der Waals surface area contributed by atoms with Crippen molar-refractivity contribution in [2.45, 2.75) is 20.5 Å². The minimum absolute atomic E-state index is 0.248. The second-order valence-electron chi connectivity index (χ2n) is 5.25. The van der Waals surface area contributed by atoms with Crippen molar-refractivity contribution in [3.8, 4) is 5.88 Å². The summed E-state index contributed by atoms with van der Waals surface area (Å²) < 4.78 is 18.5. The molecule has 4 nitrogen and oxygen atoms in total. The molecule has 3 aromatic rings. The van der Waals surface area contributed by atoms with Gasteiger partial charge in [-0.1, -0.05) is 12.1 Å². The van der Waals surface area contributed by atoms with Crippen LogP contribution in [0.1, 0.15) is 16.7 Å². The lowest BCUT2D eigenvalue weighted by atomic mass is 10.1. The maximum atomic E-state index is 12.9. The number of anilines is 1. The van der Waals surface area contributed by atoms with Crippen LogP contribution >= 0.6 is 0 Å². The van der Waals surface area contributed by atoms with E-state index in [0.29, 0.717) is 5.88 Å². The number of ether oxygens (including phenoxy) is 1. The first-order chi connectivity index (χ1) is 10.5. The fourth-order valence-electron chi connectivity index (χ4n) is 2.15. The lowest BCUT2D eigenvalue weighted by molar-refractivity contribution is 0.296. The third-order valence-corrected chi connectivity index (χ3v) is 3.56. The Bertz CT molecular complexity index is 831. The lowest BCUT2D eigenvalue weighted by Crippen LogP contribution is -2.03.